The molecule has 0 spiro atoms. The number of rotatable bonds is 5. The summed E-state index contributed by atoms with van der Waals surface area (Å²) in [5.41, 5.74) is 2.03. The average molecular weight is 426 g/mol. The van der Waals surface area contributed by atoms with Crippen LogP contribution in [-0.2, 0) is 20.6 Å². The summed E-state index contributed by atoms with van der Waals surface area (Å²) in [6.45, 7) is 14.2. The van der Waals surface area contributed by atoms with Gasteiger partial charge in [-0.2, -0.15) is 0 Å². The van der Waals surface area contributed by atoms with Gasteiger partial charge in [-0.3, -0.25) is 9.69 Å². The van der Waals surface area contributed by atoms with E-state index in [1.54, 1.807) is 6.20 Å². The fourth-order valence-electron chi connectivity index (χ4n) is 3.74. The summed E-state index contributed by atoms with van der Waals surface area (Å²) >= 11 is 0. The number of aromatic amines is 1. The molecular formula is C22H31BN4O4. The normalized spacial score (nSPS) is 20.7. The number of ether oxygens (including phenoxy) is 1. The van der Waals surface area contributed by atoms with E-state index in [1.807, 2.05) is 52.9 Å². The molecule has 31 heavy (non-hydrogen) atoms. The zero-order chi connectivity index (χ0) is 22.2. The van der Waals surface area contributed by atoms with Gasteiger partial charge in [0.15, 0.2) is 0 Å². The van der Waals surface area contributed by atoms with Crippen LogP contribution in [0.3, 0.4) is 0 Å². The number of pyridine rings is 2. The summed E-state index contributed by atoms with van der Waals surface area (Å²) in [5.74, 6) is 0.616. The molecule has 2 aromatic heterocycles. The standard InChI is InChI=1S/C22H31BN4O4/c1-15-17(23-30-21(2,3)22(4,5)31-23)13-25-20(28)19(15)26-18-7-6-16(12-24-18)14-27-8-10-29-11-9-27/h6-7,12-13H,8-11,14H2,1-5H3,(H,24,26)(H,25,28). The molecule has 8 nitrogen and oxygen atoms in total. The molecule has 2 aromatic rings. The van der Waals surface area contributed by atoms with E-state index in [4.69, 9.17) is 14.0 Å². The molecule has 2 fully saturated rings. The van der Waals surface area contributed by atoms with Crippen molar-refractivity contribution in [1.29, 1.82) is 0 Å². The third-order valence-electron chi connectivity index (χ3n) is 6.49. The van der Waals surface area contributed by atoms with E-state index in [0.29, 0.717) is 11.5 Å². The molecule has 0 atom stereocenters. The maximum atomic E-state index is 12.5. The maximum absolute atomic E-state index is 12.5. The fourth-order valence-corrected chi connectivity index (χ4v) is 3.74. The van der Waals surface area contributed by atoms with Crippen molar-refractivity contribution in [3.05, 3.63) is 46.0 Å². The number of nitrogens with zero attached hydrogens (tertiary/aromatic N) is 2. The SMILES string of the molecule is Cc1c(B2OC(C)(C)C(C)(C)O2)c[nH]c(=O)c1Nc1ccc(CN2CCOCC2)cn1. The van der Waals surface area contributed by atoms with E-state index in [9.17, 15) is 4.79 Å². The smallest absolute Gasteiger partial charge is 0.399 e. The van der Waals surface area contributed by atoms with Crippen LogP contribution in [0.1, 0.15) is 38.8 Å². The molecule has 4 rings (SSSR count). The van der Waals surface area contributed by atoms with Crippen LogP contribution in [0.4, 0.5) is 11.5 Å². The van der Waals surface area contributed by atoms with Gasteiger partial charge in [0.2, 0.25) is 0 Å². The van der Waals surface area contributed by atoms with Gasteiger partial charge in [-0.05, 0) is 51.8 Å². The van der Waals surface area contributed by atoms with Crippen LogP contribution < -0.4 is 16.3 Å². The molecule has 0 unspecified atom stereocenters. The number of morpholine rings is 1. The Morgan fingerprint density at radius 3 is 2.45 bits per heavy atom. The molecule has 2 saturated heterocycles. The molecule has 2 aliphatic rings. The number of aromatic nitrogens is 2. The first-order valence-corrected chi connectivity index (χ1v) is 10.8. The number of anilines is 2. The molecule has 166 valence electrons. The summed E-state index contributed by atoms with van der Waals surface area (Å²) in [4.78, 5) is 22.2. The lowest BCUT2D eigenvalue weighted by atomic mass is 9.77. The third kappa shape index (κ3) is 4.55. The third-order valence-corrected chi connectivity index (χ3v) is 6.49. The van der Waals surface area contributed by atoms with Crippen LogP contribution >= 0.6 is 0 Å². The Hall–Kier alpha value is -2.20. The topological polar surface area (TPSA) is 88.7 Å². The van der Waals surface area contributed by atoms with Crippen molar-refractivity contribution in [3.63, 3.8) is 0 Å². The molecule has 4 heterocycles. The van der Waals surface area contributed by atoms with E-state index in [0.717, 1.165) is 49.4 Å². The number of hydrogen-bond donors (Lipinski definition) is 2. The number of H-pyrrole nitrogens is 1. The highest BCUT2D eigenvalue weighted by atomic mass is 16.7. The van der Waals surface area contributed by atoms with Gasteiger partial charge in [0.25, 0.3) is 5.56 Å². The van der Waals surface area contributed by atoms with E-state index >= 15 is 0 Å². The maximum Gasteiger partial charge on any atom is 0.496 e. The zero-order valence-corrected chi connectivity index (χ0v) is 18.9. The van der Waals surface area contributed by atoms with Gasteiger partial charge in [-0.25, -0.2) is 4.98 Å². The lowest BCUT2D eigenvalue weighted by Gasteiger charge is -2.32. The van der Waals surface area contributed by atoms with E-state index in [-0.39, 0.29) is 5.56 Å². The van der Waals surface area contributed by atoms with Gasteiger partial charge in [-0.15, -0.1) is 0 Å². The van der Waals surface area contributed by atoms with Crippen molar-refractivity contribution in [1.82, 2.24) is 14.9 Å². The summed E-state index contributed by atoms with van der Waals surface area (Å²) in [6.07, 6.45) is 3.52. The van der Waals surface area contributed by atoms with Crippen LogP contribution in [0, 0.1) is 6.92 Å². The molecule has 0 amide bonds. The van der Waals surface area contributed by atoms with Gasteiger partial charge in [0, 0.05) is 37.5 Å². The minimum absolute atomic E-state index is 0.211. The second-order valence-corrected chi connectivity index (χ2v) is 9.23. The minimum Gasteiger partial charge on any atom is -0.399 e. The van der Waals surface area contributed by atoms with Crippen molar-refractivity contribution in [2.45, 2.75) is 52.4 Å². The van der Waals surface area contributed by atoms with E-state index in [2.05, 4.69) is 20.2 Å². The Morgan fingerprint density at radius 1 is 1.16 bits per heavy atom. The minimum atomic E-state index is -0.550. The summed E-state index contributed by atoms with van der Waals surface area (Å²) in [6, 6.07) is 3.93. The zero-order valence-electron chi connectivity index (χ0n) is 18.9. The predicted molar refractivity (Wildman–Crippen MR) is 121 cm³/mol. The lowest BCUT2D eigenvalue weighted by molar-refractivity contribution is 0.00578. The van der Waals surface area contributed by atoms with Crippen LogP contribution in [0.15, 0.2) is 29.3 Å². The largest absolute Gasteiger partial charge is 0.496 e. The highest BCUT2D eigenvalue weighted by Gasteiger charge is 2.52. The molecule has 0 bridgehead atoms. The Balaban J connectivity index is 1.51. The quantitative estimate of drug-likeness (QED) is 0.707. The van der Waals surface area contributed by atoms with E-state index in [1.165, 1.54) is 0 Å². The lowest BCUT2D eigenvalue weighted by Crippen LogP contribution is -2.41. The Kier molecular flexibility index (Phi) is 5.96. The van der Waals surface area contributed by atoms with Gasteiger partial charge in [0.1, 0.15) is 11.5 Å². The first-order valence-electron chi connectivity index (χ1n) is 10.8. The molecule has 2 aliphatic heterocycles. The van der Waals surface area contributed by atoms with Gasteiger partial charge in [0.05, 0.1) is 24.4 Å². The molecular weight excluding hydrogens is 395 g/mol. The van der Waals surface area contributed by atoms with E-state index < -0.39 is 18.3 Å². The Morgan fingerprint density at radius 2 is 1.84 bits per heavy atom. The highest BCUT2D eigenvalue weighted by Crippen LogP contribution is 2.36. The van der Waals surface area contributed by atoms with Gasteiger partial charge >= 0.3 is 7.12 Å². The Labute approximate surface area is 183 Å². The molecule has 2 N–H and O–H groups in total. The first kappa shape index (κ1) is 22.0. The van der Waals surface area contributed by atoms with Crippen LogP contribution in [0.25, 0.3) is 0 Å². The van der Waals surface area contributed by atoms with Crippen molar-refractivity contribution in [3.8, 4) is 0 Å². The number of nitrogens with one attached hydrogen (secondary N) is 2. The fraction of sp³-hybridized carbons (Fsp3) is 0.545. The average Bonchev–Trinajstić information content (AvgIpc) is 2.94. The predicted octanol–water partition coefficient (Wildman–Crippen LogP) is 1.95. The molecule has 9 heteroatoms. The molecule has 0 saturated carbocycles. The van der Waals surface area contributed by atoms with Crippen molar-refractivity contribution >= 4 is 24.1 Å². The summed E-state index contributed by atoms with van der Waals surface area (Å²) < 4.78 is 17.7. The molecule has 0 radical (unpaired) electrons. The van der Waals surface area contributed by atoms with Crippen molar-refractivity contribution in [2.24, 2.45) is 0 Å². The Bertz CT molecular complexity index is 968. The van der Waals surface area contributed by atoms with Crippen molar-refractivity contribution < 1.29 is 14.0 Å². The van der Waals surface area contributed by atoms with Gasteiger partial charge in [-0.1, -0.05) is 6.07 Å². The monoisotopic (exact) mass is 426 g/mol. The summed E-state index contributed by atoms with van der Waals surface area (Å²) in [7, 11) is -0.550. The highest BCUT2D eigenvalue weighted by molar-refractivity contribution is 6.62. The number of hydrogen-bond acceptors (Lipinski definition) is 7. The van der Waals surface area contributed by atoms with Crippen LogP contribution in [0.5, 0.6) is 0 Å². The second-order valence-electron chi connectivity index (χ2n) is 9.23. The van der Waals surface area contributed by atoms with Crippen LogP contribution in [-0.4, -0.2) is 59.5 Å². The van der Waals surface area contributed by atoms with Crippen molar-refractivity contribution in [2.75, 3.05) is 31.6 Å². The second kappa shape index (κ2) is 8.39. The first-order chi connectivity index (χ1) is 14.7. The summed E-state index contributed by atoms with van der Waals surface area (Å²) in [5, 5.41) is 3.18. The molecule has 0 aromatic carbocycles. The molecule has 0 aliphatic carbocycles. The van der Waals surface area contributed by atoms with Crippen LogP contribution in [0.2, 0.25) is 0 Å². The van der Waals surface area contributed by atoms with Gasteiger partial charge < -0.3 is 24.3 Å².